The molecule has 1 atom stereocenters. The molecule has 1 aliphatic rings. The summed E-state index contributed by atoms with van der Waals surface area (Å²) in [6.07, 6.45) is 4.36. The molecule has 0 radical (unpaired) electrons. The van der Waals surface area contributed by atoms with Gasteiger partial charge in [-0.2, -0.15) is 5.10 Å². The highest BCUT2D eigenvalue weighted by Crippen LogP contribution is 2.29. The maximum absolute atomic E-state index is 12.7. The summed E-state index contributed by atoms with van der Waals surface area (Å²) in [5, 5.41) is 8.16. The third-order valence-corrected chi connectivity index (χ3v) is 5.70. The number of aryl methyl sites for hydroxylation is 1. The monoisotopic (exact) mass is 409 g/mol. The number of rotatable bonds is 5. The van der Waals surface area contributed by atoms with Gasteiger partial charge >= 0.3 is 0 Å². The lowest BCUT2D eigenvalue weighted by Gasteiger charge is -2.21. The van der Waals surface area contributed by atoms with Crippen molar-refractivity contribution in [2.24, 2.45) is 5.92 Å². The Kier molecular flexibility index (Phi) is 5.53. The Labute approximate surface area is 175 Å². The first kappa shape index (κ1) is 19.5. The number of carbonyl (C=O) groups is 1. The molecule has 1 aromatic carbocycles. The molecular formula is C22H24ClN5O. The van der Waals surface area contributed by atoms with Crippen LogP contribution in [0.15, 0.2) is 48.8 Å². The number of amides is 1. The molecule has 150 valence electrons. The number of nitrogens with one attached hydrogen (secondary N) is 1. The molecule has 6 nitrogen and oxygen atoms in total. The summed E-state index contributed by atoms with van der Waals surface area (Å²) in [6.45, 7) is 6.51. The molecule has 0 bridgehead atoms. The number of hydrogen-bond acceptors (Lipinski definition) is 4. The fourth-order valence-corrected chi connectivity index (χ4v) is 3.98. The second kappa shape index (κ2) is 8.25. The minimum absolute atomic E-state index is 0.0953. The van der Waals surface area contributed by atoms with Crippen LogP contribution in [0.25, 0.3) is 5.82 Å². The second-order valence-electron chi connectivity index (χ2n) is 7.48. The van der Waals surface area contributed by atoms with Gasteiger partial charge in [-0.15, -0.1) is 0 Å². The van der Waals surface area contributed by atoms with Gasteiger partial charge in [-0.25, -0.2) is 9.67 Å². The van der Waals surface area contributed by atoms with Crippen LogP contribution in [0.2, 0.25) is 5.02 Å². The van der Waals surface area contributed by atoms with Crippen molar-refractivity contribution in [3.63, 3.8) is 0 Å². The maximum Gasteiger partial charge on any atom is 0.254 e. The van der Waals surface area contributed by atoms with Gasteiger partial charge in [0.05, 0.1) is 17.5 Å². The lowest BCUT2D eigenvalue weighted by molar-refractivity contribution is 0.0947. The van der Waals surface area contributed by atoms with E-state index in [-0.39, 0.29) is 5.91 Å². The van der Waals surface area contributed by atoms with Crippen molar-refractivity contribution in [1.82, 2.24) is 20.1 Å². The van der Waals surface area contributed by atoms with E-state index in [9.17, 15) is 4.79 Å². The number of nitrogens with zero attached hydrogens (tertiary/aromatic N) is 4. The highest BCUT2D eigenvalue weighted by atomic mass is 35.5. The van der Waals surface area contributed by atoms with Crippen molar-refractivity contribution in [2.75, 3.05) is 24.5 Å². The third-order valence-electron chi connectivity index (χ3n) is 5.47. The van der Waals surface area contributed by atoms with Gasteiger partial charge in [0.15, 0.2) is 5.82 Å². The summed E-state index contributed by atoms with van der Waals surface area (Å²) in [6, 6.07) is 11.6. The van der Waals surface area contributed by atoms with Gasteiger partial charge < -0.3 is 10.2 Å². The number of anilines is 1. The first-order valence-corrected chi connectivity index (χ1v) is 10.2. The van der Waals surface area contributed by atoms with E-state index < -0.39 is 0 Å². The molecule has 0 aliphatic carbocycles. The predicted octanol–water partition coefficient (Wildman–Crippen LogP) is 3.79. The van der Waals surface area contributed by atoms with Crippen molar-refractivity contribution in [2.45, 2.75) is 20.3 Å². The molecule has 3 heterocycles. The predicted molar refractivity (Wildman–Crippen MR) is 115 cm³/mol. The summed E-state index contributed by atoms with van der Waals surface area (Å²) in [5.41, 5.74) is 3.76. The van der Waals surface area contributed by atoms with E-state index >= 15 is 0 Å². The second-order valence-corrected chi connectivity index (χ2v) is 7.92. The maximum atomic E-state index is 12.7. The van der Waals surface area contributed by atoms with Crippen LogP contribution in [0.5, 0.6) is 0 Å². The van der Waals surface area contributed by atoms with Crippen LogP contribution in [-0.4, -0.2) is 40.3 Å². The van der Waals surface area contributed by atoms with Gasteiger partial charge in [0, 0.05) is 36.5 Å². The standard InChI is InChI=1S/C22H24ClN5O/c1-15-6-7-18(23)11-20(15)27-10-8-17(14-27)12-25-22(29)19-13-26-28(16(19)2)21-5-3-4-9-24-21/h3-7,9,11,13,17H,8,10,12,14H2,1-2H3,(H,25,29). The molecule has 7 heteroatoms. The molecule has 1 amide bonds. The third kappa shape index (κ3) is 4.12. The van der Waals surface area contributed by atoms with E-state index in [0.717, 1.165) is 30.2 Å². The number of carbonyl (C=O) groups excluding carboxylic acids is 1. The van der Waals surface area contributed by atoms with Gasteiger partial charge in [-0.1, -0.05) is 23.7 Å². The number of benzene rings is 1. The largest absolute Gasteiger partial charge is 0.371 e. The van der Waals surface area contributed by atoms with E-state index in [1.165, 1.54) is 11.3 Å². The Balaban J connectivity index is 1.37. The van der Waals surface area contributed by atoms with Crippen LogP contribution in [0.4, 0.5) is 5.69 Å². The Hall–Kier alpha value is -2.86. The SMILES string of the molecule is Cc1ccc(Cl)cc1N1CCC(CNC(=O)c2cnn(-c3ccccn3)c2C)C1. The van der Waals surface area contributed by atoms with Crippen molar-refractivity contribution in [3.05, 3.63) is 70.6 Å². The van der Waals surface area contributed by atoms with Gasteiger partial charge in [0.25, 0.3) is 5.91 Å². The van der Waals surface area contributed by atoms with Crippen LogP contribution in [0.3, 0.4) is 0 Å². The van der Waals surface area contributed by atoms with E-state index in [1.54, 1.807) is 17.1 Å². The quantitative estimate of drug-likeness (QED) is 0.696. The molecule has 29 heavy (non-hydrogen) atoms. The topological polar surface area (TPSA) is 63.1 Å². The van der Waals surface area contributed by atoms with Crippen molar-refractivity contribution in [3.8, 4) is 5.82 Å². The minimum Gasteiger partial charge on any atom is -0.371 e. The first-order valence-electron chi connectivity index (χ1n) is 9.78. The van der Waals surface area contributed by atoms with Gasteiger partial charge in [0.2, 0.25) is 0 Å². The molecule has 1 saturated heterocycles. The number of aromatic nitrogens is 3. The lowest BCUT2D eigenvalue weighted by atomic mass is 10.1. The van der Waals surface area contributed by atoms with Crippen molar-refractivity contribution >= 4 is 23.2 Å². The Bertz CT molecular complexity index is 1020. The zero-order valence-corrected chi connectivity index (χ0v) is 17.4. The highest BCUT2D eigenvalue weighted by Gasteiger charge is 2.25. The Morgan fingerprint density at radius 1 is 1.28 bits per heavy atom. The minimum atomic E-state index is -0.0953. The summed E-state index contributed by atoms with van der Waals surface area (Å²) >= 11 is 6.17. The smallest absolute Gasteiger partial charge is 0.254 e. The van der Waals surface area contributed by atoms with E-state index in [4.69, 9.17) is 11.6 Å². The molecule has 4 rings (SSSR count). The van der Waals surface area contributed by atoms with Crippen LogP contribution >= 0.6 is 11.6 Å². The van der Waals surface area contributed by atoms with Crippen LogP contribution < -0.4 is 10.2 Å². The van der Waals surface area contributed by atoms with E-state index in [1.807, 2.05) is 37.3 Å². The lowest BCUT2D eigenvalue weighted by Crippen LogP contribution is -2.31. The number of halogens is 1. The summed E-state index contributed by atoms with van der Waals surface area (Å²) in [7, 11) is 0. The van der Waals surface area contributed by atoms with Gasteiger partial charge in [-0.05, 0) is 56.0 Å². The first-order chi connectivity index (χ1) is 14.0. The molecule has 1 aliphatic heterocycles. The van der Waals surface area contributed by atoms with Crippen LogP contribution in [0, 0.1) is 19.8 Å². The highest BCUT2D eigenvalue weighted by molar-refractivity contribution is 6.30. The normalized spacial score (nSPS) is 16.2. The van der Waals surface area contributed by atoms with Crippen molar-refractivity contribution < 1.29 is 4.79 Å². The number of pyridine rings is 1. The molecule has 0 saturated carbocycles. The molecule has 1 unspecified atom stereocenters. The van der Waals surface area contributed by atoms with Crippen LogP contribution in [-0.2, 0) is 0 Å². The van der Waals surface area contributed by atoms with Gasteiger partial charge in [0.1, 0.15) is 0 Å². The zero-order valence-electron chi connectivity index (χ0n) is 16.6. The average Bonchev–Trinajstić information content (AvgIpc) is 3.35. The van der Waals surface area contributed by atoms with Crippen molar-refractivity contribution in [1.29, 1.82) is 0 Å². The van der Waals surface area contributed by atoms with Gasteiger partial charge in [-0.3, -0.25) is 4.79 Å². The summed E-state index contributed by atoms with van der Waals surface area (Å²) in [5.74, 6) is 1.01. The fraction of sp³-hybridized carbons (Fsp3) is 0.318. The molecular weight excluding hydrogens is 386 g/mol. The zero-order chi connectivity index (χ0) is 20.4. The average molecular weight is 410 g/mol. The molecule has 3 aromatic rings. The summed E-state index contributed by atoms with van der Waals surface area (Å²) in [4.78, 5) is 19.3. The molecule has 0 spiro atoms. The fourth-order valence-electron chi connectivity index (χ4n) is 3.82. The summed E-state index contributed by atoms with van der Waals surface area (Å²) < 4.78 is 1.69. The molecule has 1 N–H and O–H groups in total. The molecule has 1 fully saturated rings. The van der Waals surface area contributed by atoms with E-state index in [2.05, 4.69) is 33.3 Å². The Morgan fingerprint density at radius 2 is 2.14 bits per heavy atom. The van der Waals surface area contributed by atoms with Crippen LogP contribution in [0.1, 0.15) is 28.0 Å². The number of hydrogen-bond donors (Lipinski definition) is 1. The Morgan fingerprint density at radius 3 is 2.93 bits per heavy atom. The molecule has 2 aromatic heterocycles. The van der Waals surface area contributed by atoms with E-state index in [0.29, 0.717) is 23.8 Å².